The number of hydrogen-bond acceptors (Lipinski definition) is 4. The third-order valence-corrected chi connectivity index (χ3v) is 3.18. The van der Waals surface area contributed by atoms with Crippen LogP contribution in [-0.4, -0.2) is 23.1 Å². The first-order valence-corrected chi connectivity index (χ1v) is 7.52. The third-order valence-electron chi connectivity index (χ3n) is 3.18. The van der Waals surface area contributed by atoms with E-state index in [1.165, 1.54) is 0 Å². The Balaban J connectivity index is 2.29. The molecule has 4 nitrogen and oxygen atoms in total. The monoisotopic (exact) mass is 284 g/mol. The molecule has 1 aromatic heterocycles. The van der Waals surface area contributed by atoms with E-state index in [0.29, 0.717) is 5.92 Å². The lowest BCUT2D eigenvalue weighted by molar-refractivity contribution is 0.686. The van der Waals surface area contributed by atoms with E-state index in [1.807, 2.05) is 31.2 Å². The van der Waals surface area contributed by atoms with Gasteiger partial charge in [-0.3, -0.25) is 0 Å². The minimum absolute atomic E-state index is 0.583. The maximum absolute atomic E-state index is 4.58. The summed E-state index contributed by atoms with van der Waals surface area (Å²) in [5.41, 5.74) is 1.15. The number of para-hydroxylation sites is 1. The Morgan fingerprint density at radius 1 is 1.14 bits per heavy atom. The number of anilines is 3. The van der Waals surface area contributed by atoms with E-state index in [4.69, 9.17) is 0 Å². The van der Waals surface area contributed by atoms with Crippen LogP contribution >= 0.6 is 0 Å². The first-order chi connectivity index (χ1) is 10.1. The minimum atomic E-state index is 0.583. The van der Waals surface area contributed by atoms with E-state index in [9.17, 15) is 0 Å². The topological polar surface area (TPSA) is 41.0 Å². The third kappa shape index (κ3) is 4.18. The molecular formula is C17H24N4. The molecule has 4 heteroatoms. The van der Waals surface area contributed by atoms with Crippen molar-refractivity contribution < 1.29 is 0 Å². The lowest BCUT2D eigenvalue weighted by Gasteiger charge is -2.23. The first kappa shape index (κ1) is 15.3. The van der Waals surface area contributed by atoms with Gasteiger partial charge in [0.15, 0.2) is 0 Å². The lowest BCUT2D eigenvalue weighted by atomic mass is 10.2. The molecule has 0 bridgehead atoms. The second-order valence-corrected chi connectivity index (χ2v) is 5.51. The maximum atomic E-state index is 4.58. The van der Waals surface area contributed by atoms with Gasteiger partial charge in [-0.05, 0) is 31.9 Å². The van der Waals surface area contributed by atoms with Crippen molar-refractivity contribution in [2.24, 2.45) is 5.92 Å². The van der Waals surface area contributed by atoms with Crippen molar-refractivity contribution in [3.8, 4) is 0 Å². The molecular weight excluding hydrogens is 260 g/mol. The normalized spacial score (nSPS) is 10.7. The van der Waals surface area contributed by atoms with Crippen LogP contribution in [0.25, 0.3) is 0 Å². The largest absolute Gasteiger partial charge is 0.370 e. The van der Waals surface area contributed by atoms with Gasteiger partial charge in [-0.15, -0.1) is 0 Å². The van der Waals surface area contributed by atoms with Crippen molar-refractivity contribution in [1.29, 1.82) is 0 Å². The molecule has 0 amide bonds. The molecule has 21 heavy (non-hydrogen) atoms. The zero-order valence-corrected chi connectivity index (χ0v) is 13.3. The van der Waals surface area contributed by atoms with Crippen LogP contribution in [0.1, 0.15) is 26.6 Å². The highest BCUT2D eigenvalue weighted by Crippen LogP contribution is 2.24. The molecule has 0 atom stereocenters. The van der Waals surface area contributed by atoms with Gasteiger partial charge < -0.3 is 10.2 Å². The Morgan fingerprint density at radius 3 is 2.48 bits per heavy atom. The molecule has 0 radical (unpaired) electrons. The first-order valence-electron chi connectivity index (χ1n) is 7.52. The average molecular weight is 284 g/mol. The molecule has 112 valence electrons. The van der Waals surface area contributed by atoms with Gasteiger partial charge in [0.1, 0.15) is 17.5 Å². The predicted octanol–water partition coefficient (Wildman–Crippen LogP) is 4.01. The standard InChI is InChI=1S/C17H24N4/c1-5-21(15-9-7-6-8-10-15)17-11-16(18-12-13(2)3)19-14(4)20-17/h6-11,13H,5,12H2,1-4H3,(H,18,19,20). The van der Waals surface area contributed by atoms with Crippen LogP contribution in [-0.2, 0) is 0 Å². The van der Waals surface area contributed by atoms with Crippen LogP contribution < -0.4 is 10.2 Å². The van der Waals surface area contributed by atoms with Gasteiger partial charge in [-0.25, -0.2) is 9.97 Å². The summed E-state index contributed by atoms with van der Waals surface area (Å²) in [5.74, 6) is 3.19. The fraction of sp³-hybridized carbons (Fsp3) is 0.412. The molecule has 1 aromatic carbocycles. The summed E-state index contributed by atoms with van der Waals surface area (Å²) in [7, 11) is 0. The van der Waals surface area contributed by atoms with E-state index in [0.717, 1.165) is 36.2 Å². The highest BCUT2D eigenvalue weighted by molar-refractivity contribution is 5.62. The lowest BCUT2D eigenvalue weighted by Crippen LogP contribution is -2.19. The Labute approximate surface area is 127 Å². The number of nitrogens with zero attached hydrogens (tertiary/aromatic N) is 3. The molecule has 1 N–H and O–H groups in total. The van der Waals surface area contributed by atoms with Crippen molar-refractivity contribution in [2.75, 3.05) is 23.3 Å². The zero-order chi connectivity index (χ0) is 15.2. The molecule has 0 fully saturated rings. The van der Waals surface area contributed by atoms with E-state index in [2.05, 4.69) is 53.1 Å². The van der Waals surface area contributed by atoms with Crippen LogP contribution in [0.2, 0.25) is 0 Å². The van der Waals surface area contributed by atoms with Crippen molar-refractivity contribution >= 4 is 17.3 Å². The van der Waals surface area contributed by atoms with Gasteiger partial charge in [-0.1, -0.05) is 32.0 Å². The molecule has 0 aliphatic carbocycles. The number of benzene rings is 1. The van der Waals surface area contributed by atoms with Gasteiger partial charge in [0.25, 0.3) is 0 Å². The second kappa shape index (κ2) is 7.07. The molecule has 0 aliphatic heterocycles. The molecule has 0 saturated heterocycles. The van der Waals surface area contributed by atoms with Crippen LogP contribution in [0.4, 0.5) is 17.3 Å². The number of aryl methyl sites for hydroxylation is 1. The van der Waals surface area contributed by atoms with Crippen LogP contribution in [0, 0.1) is 12.8 Å². The van der Waals surface area contributed by atoms with E-state index in [1.54, 1.807) is 0 Å². The Bertz CT molecular complexity index is 566. The molecule has 0 spiro atoms. The van der Waals surface area contributed by atoms with Crippen molar-refractivity contribution in [3.63, 3.8) is 0 Å². The summed E-state index contributed by atoms with van der Waals surface area (Å²) in [6.45, 7) is 10.2. The molecule has 2 rings (SSSR count). The van der Waals surface area contributed by atoms with Crippen molar-refractivity contribution in [1.82, 2.24) is 9.97 Å². The number of rotatable bonds is 6. The summed E-state index contributed by atoms with van der Waals surface area (Å²) in [6, 6.07) is 12.3. The summed E-state index contributed by atoms with van der Waals surface area (Å²) >= 11 is 0. The maximum Gasteiger partial charge on any atom is 0.138 e. The summed E-state index contributed by atoms with van der Waals surface area (Å²) < 4.78 is 0. The quantitative estimate of drug-likeness (QED) is 0.870. The van der Waals surface area contributed by atoms with Crippen LogP contribution in [0.3, 0.4) is 0 Å². The molecule has 0 unspecified atom stereocenters. The molecule has 0 saturated carbocycles. The SMILES string of the molecule is CCN(c1ccccc1)c1cc(NCC(C)C)nc(C)n1. The smallest absolute Gasteiger partial charge is 0.138 e. The second-order valence-electron chi connectivity index (χ2n) is 5.51. The summed E-state index contributed by atoms with van der Waals surface area (Å²) in [6.07, 6.45) is 0. The Hall–Kier alpha value is -2.10. The highest BCUT2D eigenvalue weighted by atomic mass is 15.2. The highest BCUT2D eigenvalue weighted by Gasteiger charge is 2.11. The molecule has 2 aromatic rings. The van der Waals surface area contributed by atoms with Gasteiger partial charge in [0.05, 0.1) is 0 Å². The van der Waals surface area contributed by atoms with Crippen molar-refractivity contribution in [2.45, 2.75) is 27.7 Å². The summed E-state index contributed by atoms with van der Waals surface area (Å²) in [5, 5.41) is 3.38. The van der Waals surface area contributed by atoms with Crippen LogP contribution in [0.15, 0.2) is 36.4 Å². The summed E-state index contributed by atoms with van der Waals surface area (Å²) in [4.78, 5) is 11.2. The van der Waals surface area contributed by atoms with Gasteiger partial charge in [0, 0.05) is 24.8 Å². The van der Waals surface area contributed by atoms with Gasteiger partial charge in [0.2, 0.25) is 0 Å². The Morgan fingerprint density at radius 2 is 1.86 bits per heavy atom. The number of nitrogens with one attached hydrogen (secondary N) is 1. The predicted molar refractivity (Wildman–Crippen MR) is 89.2 cm³/mol. The number of aromatic nitrogens is 2. The Kier molecular flexibility index (Phi) is 5.14. The number of hydrogen-bond donors (Lipinski definition) is 1. The molecule has 1 heterocycles. The van der Waals surface area contributed by atoms with E-state index >= 15 is 0 Å². The zero-order valence-electron chi connectivity index (χ0n) is 13.3. The fourth-order valence-electron chi connectivity index (χ4n) is 2.17. The average Bonchev–Trinajstić information content (AvgIpc) is 2.46. The fourth-order valence-corrected chi connectivity index (χ4v) is 2.17. The van der Waals surface area contributed by atoms with E-state index < -0.39 is 0 Å². The molecule has 0 aliphatic rings. The van der Waals surface area contributed by atoms with Gasteiger partial charge in [-0.2, -0.15) is 0 Å². The minimum Gasteiger partial charge on any atom is -0.370 e. The van der Waals surface area contributed by atoms with Gasteiger partial charge >= 0.3 is 0 Å². The van der Waals surface area contributed by atoms with Crippen LogP contribution in [0.5, 0.6) is 0 Å². The van der Waals surface area contributed by atoms with Crippen molar-refractivity contribution in [3.05, 3.63) is 42.2 Å². The van der Waals surface area contributed by atoms with E-state index in [-0.39, 0.29) is 0 Å².